The van der Waals surface area contributed by atoms with Gasteiger partial charge in [-0.1, -0.05) is 0 Å². The van der Waals surface area contributed by atoms with Crippen LogP contribution in [0.3, 0.4) is 0 Å². The fourth-order valence-corrected chi connectivity index (χ4v) is 1.99. The highest BCUT2D eigenvalue weighted by Gasteiger charge is 2.25. The molecule has 2 heterocycles. The van der Waals surface area contributed by atoms with Crippen LogP contribution in [0.2, 0.25) is 0 Å². The summed E-state index contributed by atoms with van der Waals surface area (Å²) in [4.78, 5) is 23.5. The number of Topliss-reactive ketones (excluding diaryl/α,β-unsaturated/α-hetero) is 1. The summed E-state index contributed by atoms with van der Waals surface area (Å²) >= 11 is 0. The minimum absolute atomic E-state index is 0.124. The van der Waals surface area contributed by atoms with Crippen molar-refractivity contribution in [3.05, 3.63) is 12.7 Å². The van der Waals surface area contributed by atoms with Gasteiger partial charge in [-0.05, 0) is 20.8 Å². The minimum atomic E-state index is -0.374. The van der Waals surface area contributed by atoms with Crippen molar-refractivity contribution in [2.75, 3.05) is 5.73 Å². The topological polar surface area (TPSA) is 86.7 Å². The first-order valence-corrected chi connectivity index (χ1v) is 5.35. The number of carbonyl (C=O) groups is 1. The van der Waals surface area contributed by atoms with E-state index in [1.54, 1.807) is 13.3 Å². The van der Waals surface area contributed by atoms with Gasteiger partial charge in [0.1, 0.15) is 17.6 Å². The second-order valence-electron chi connectivity index (χ2n) is 4.74. The highest BCUT2D eigenvalue weighted by molar-refractivity contribution is 5.82. The zero-order valence-electron chi connectivity index (χ0n) is 10.1. The Bertz CT molecular complexity index is 572. The van der Waals surface area contributed by atoms with Crippen LogP contribution in [0.4, 0.5) is 5.82 Å². The van der Waals surface area contributed by atoms with Crippen LogP contribution in [-0.2, 0) is 10.3 Å². The molecule has 0 atom stereocenters. The number of nitrogens with two attached hydrogens (primary N) is 1. The van der Waals surface area contributed by atoms with Crippen molar-refractivity contribution in [1.82, 2.24) is 19.5 Å². The summed E-state index contributed by atoms with van der Waals surface area (Å²) in [5, 5.41) is 0. The maximum atomic E-state index is 11.3. The van der Waals surface area contributed by atoms with Crippen molar-refractivity contribution in [2.45, 2.75) is 32.7 Å². The highest BCUT2D eigenvalue weighted by atomic mass is 16.1. The van der Waals surface area contributed by atoms with Gasteiger partial charge in [-0.25, -0.2) is 15.0 Å². The lowest BCUT2D eigenvalue weighted by atomic mass is 9.98. The van der Waals surface area contributed by atoms with Gasteiger partial charge in [0.2, 0.25) is 0 Å². The van der Waals surface area contributed by atoms with Gasteiger partial charge < -0.3 is 10.3 Å². The van der Waals surface area contributed by atoms with Crippen molar-refractivity contribution < 1.29 is 4.79 Å². The Hall–Kier alpha value is -1.98. The van der Waals surface area contributed by atoms with Crippen LogP contribution in [0.5, 0.6) is 0 Å². The number of hydrogen-bond donors (Lipinski definition) is 1. The van der Waals surface area contributed by atoms with Gasteiger partial charge in [0, 0.05) is 12.0 Å². The number of ketones is 1. The first-order valence-electron chi connectivity index (χ1n) is 5.35. The smallest absolute Gasteiger partial charge is 0.165 e. The summed E-state index contributed by atoms with van der Waals surface area (Å²) in [6.45, 7) is 5.51. The number of aromatic nitrogens is 4. The molecule has 0 saturated heterocycles. The first kappa shape index (κ1) is 11.5. The lowest BCUT2D eigenvalue weighted by Gasteiger charge is -2.25. The van der Waals surface area contributed by atoms with E-state index in [-0.39, 0.29) is 11.3 Å². The molecule has 2 N–H and O–H groups in total. The molecule has 6 heteroatoms. The molecule has 0 aliphatic heterocycles. The maximum absolute atomic E-state index is 11.3. The van der Waals surface area contributed by atoms with E-state index < -0.39 is 0 Å². The predicted octanol–water partition coefficient (Wildman–Crippen LogP) is 1.12. The molecule has 6 nitrogen and oxygen atoms in total. The van der Waals surface area contributed by atoms with E-state index in [0.717, 1.165) is 0 Å². The van der Waals surface area contributed by atoms with Gasteiger partial charge in [0.15, 0.2) is 11.5 Å². The van der Waals surface area contributed by atoms with Gasteiger partial charge in [0.05, 0.1) is 6.33 Å². The number of hydrogen-bond acceptors (Lipinski definition) is 5. The van der Waals surface area contributed by atoms with Crippen molar-refractivity contribution in [3.8, 4) is 0 Å². The average molecular weight is 233 g/mol. The minimum Gasteiger partial charge on any atom is -0.382 e. The average Bonchev–Trinajstić information content (AvgIpc) is 2.61. The molecule has 0 fully saturated rings. The summed E-state index contributed by atoms with van der Waals surface area (Å²) in [6.07, 6.45) is 3.47. The molecule has 17 heavy (non-hydrogen) atoms. The number of nitrogen functional groups attached to an aromatic ring is 1. The third-order valence-corrected chi connectivity index (χ3v) is 2.70. The molecule has 0 bridgehead atoms. The van der Waals surface area contributed by atoms with Crippen LogP contribution in [0.1, 0.15) is 27.2 Å². The van der Waals surface area contributed by atoms with E-state index in [2.05, 4.69) is 15.0 Å². The first-order chi connectivity index (χ1) is 7.92. The summed E-state index contributed by atoms with van der Waals surface area (Å²) < 4.78 is 1.86. The van der Waals surface area contributed by atoms with Crippen LogP contribution in [0.15, 0.2) is 12.7 Å². The molecule has 90 valence electrons. The van der Waals surface area contributed by atoms with Crippen molar-refractivity contribution in [2.24, 2.45) is 0 Å². The number of anilines is 1. The van der Waals surface area contributed by atoms with Gasteiger partial charge >= 0.3 is 0 Å². The molecule has 0 radical (unpaired) electrons. The summed E-state index contributed by atoms with van der Waals surface area (Å²) in [7, 11) is 0. The molecular formula is C11H15N5O. The van der Waals surface area contributed by atoms with E-state index in [9.17, 15) is 4.79 Å². The normalized spacial score (nSPS) is 11.9. The zero-order valence-corrected chi connectivity index (χ0v) is 10.1. The zero-order chi connectivity index (χ0) is 12.6. The van der Waals surface area contributed by atoms with Gasteiger partial charge in [-0.15, -0.1) is 0 Å². The van der Waals surface area contributed by atoms with Gasteiger partial charge in [-0.3, -0.25) is 4.79 Å². The van der Waals surface area contributed by atoms with Crippen molar-refractivity contribution in [1.29, 1.82) is 0 Å². The molecule has 0 aromatic carbocycles. The van der Waals surface area contributed by atoms with Crippen LogP contribution in [0.25, 0.3) is 11.2 Å². The Kier molecular flexibility index (Phi) is 2.57. The number of nitrogens with zero attached hydrogens (tertiary/aromatic N) is 4. The highest BCUT2D eigenvalue weighted by Crippen LogP contribution is 2.25. The van der Waals surface area contributed by atoms with Crippen molar-refractivity contribution >= 4 is 22.8 Å². The molecule has 0 spiro atoms. The second kappa shape index (κ2) is 3.80. The predicted molar refractivity (Wildman–Crippen MR) is 64.4 cm³/mol. The second-order valence-corrected chi connectivity index (χ2v) is 4.74. The lowest BCUT2D eigenvalue weighted by molar-refractivity contribution is -0.118. The summed E-state index contributed by atoms with van der Waals surface area (Å²) in [5.74, 6) is 0.478. The molecular weight excluding hydrogens is 218 g/mol. The Morgan fingerprint density at radius 3 is 2.76 bits per heavy atom. The molecule has 0 saturated carbocycles. The molecule has 2 rings (SSSR count). The molecule has 2 aromatic rings. The molecule has 0 aliphatic carbocycles. The summed E-state index contributed by atoms with van der Waals surface area (Å²) in [5.41, 5.74) is 6.58. The largest absolute Gasteiger partial charge is 0.382 e. The maximum Gasteiger partial charge on any atom is 0.165 e. The fraction of sp³-hybridized carbons (Fsp3) is 0.455. The van der Waals surface area contributed by atoms with Crippen molar-refractivity contribution in [3.63, 3.8) is 0 Å². The molecule has 0 unspecified atom stereocenters. The Balaban J connectivity index is 2.56. The monoisotopic (exact) mass is 233 g/mol. The molecule has 2 aromatic heterocycles. The lowest BCUT2D eigenvalue weighted by Crippen LogP contribution is -2.28. The number of imidazole rings is 1. The standard InChI is InChI=1S/C11H15N5O/c1-7(17)4-11(2,3)16-6-15-8-9(12)13-5-14-10(8)16/h5-6H,4H2,1-3H3,(H2,12,13,14). The Morgan fingerprint density at radius 2 is 2.12 bits per heavy atom. The van der Waals surface area contributed by atoms with Gasteiger partial charge in [0.25, 0.3) is 0 Å². The van der Waals surface area contributed by atoms with E-state index in [4.69, 9.17) is 5.73 Å². The van der Waals surface area contributed by atoms with E-state index in [1.165, 1.54) is 6.33 Å². The Labute approximate surface area is 98.9 Å². The quantitative estimate of drug-likeness (QED) is 0.858. The molecule has 0 amide bonds. The number of carbonyl (C=O) groups excluding carboxylic acids is 1. The Morgan fingerprint density at radius 1 is 1.41 bits per heavy atom. The van der Waals surface area contributed by atoms with Crippen LogP contribution in [0, 0.1) is 0 Å². The van der Waals surface area contributed by atoms with E-state index in [1.807, 2.05) is 18.4 Å². The number of rotatable bonds is 3. The third-order valence-electron chi connectivity index (χ3n) is 2.70. The molecule has 0 aliphatic rings. The van der Waals surface area contributed by atoms with E-state index in [0.29, 0.717) is 23.4 Å². The van der Waals surface area contributed by atoms with Gasteiger partial charge in [-0.2, -0.15) is 0 Å². The fourth-order valence-electron chi connectivity index (χ4n) is 1.99. The van der Waals surface area contributed by atoms with E-state index >= 15 is 0 Å². The van der Waals surface area contributed by atoms with Crippen LogP contribution < -0.4 is 5.73 Å². The third kappa shape index (κ3) is 1.98. The van der Waals surface area contributed by atoms with Crippen LogP contribution >= 0.6 is 0 Å². The summed E-state index contributed by atoms with van der Waals surface area (Å²) in [6, 6.07) is 0. The number of fused-ring (bicyclic) bond motifs is 1. The van der Waals surface area contributed by atoms with Crippen LogP contribution in [-0.4, -0.2) is 25.3 Å². The SMILES string of the molecule is CC(=O)CC(C)(C)n1cnc2c(N)ncnc21.